The van der Waals surface area contributed by atoms with Gasteiger partial charge in [0, 0.05) is 24.5 Å². The summed E-state index contributed by atoms with van der Waals surface area (Å²) in [6.45, 7) is 5.82. The Morgan fingerprint density at radius 2 is 1.50 bits per heavy atom. The summed E-state index contributed by atoms with van der Waals surface area (Å²) in [5.74, 6) is -0.817. The molecule has 0 radical (unpaired) electrons. The minimum Gasteiger partial charge on any atom is -0.354 e. The Morgan fingerprint density at radius 1 is 0.818 bits per heavy atom. The topological polar surface area (TPSA) is 86.8 Å². The molecule has 9 heteroatoms. The Bertz CT molecular complexity index is 1680. The van der Waals surface area contributed by atoms with Gasteiger partial charge in [0.05, 0.1) is 10.6 Å². The molecule has 44 heavy (non-hydrogen) atoms. The van der Waals surface area contributed by atoms with Crippen molar-refractivity contribution in [1.82, 2.24) is 10.2 Å². The molecule has 4 aromatic carbocycles. The second-order valence-electron chi connectivity index (χ2n) is 10.8. The number of aryl methyl sites for hydroxylation is 2. The molecule has 0 aliphatic carbocycles. The Labute approximate surface area is 265 Å². The second-order valence-corrected chi connectivity index (χ2v) is 13.1. The van der Waals surface area contributed by atoms with E-state index in [1.54, 1.807) is 30.3 Å². The van der Waals surface area contributed by atoms with Gasteiger partial charge in [0.25, 0.3) is 10.0 Å². The quantitative estimate of drug-likeness (QED) is 0.187. The predicted molar refractivity (Wildman–Crippen MR) is 176 cm³/mol. The third kappa shape index (κ3) is 8.49. The lowest BCUT2D eigenvalue weighted by Gasteiger charge is -2.34. The Balaban J connectivity index is 1.80. The van der Waals surface area contributed by atoms with Gasteiger partial charge in [-0.1, -0.05) is 102 Å². The van der Waals surface area contributed by atoms with Crippen LogP contribution in [0.5, 0.6) is 0 Å². The first-order chi connectivity index (χ1) is 21.1. The molecule has 1 N–H and O–H groups in total. The van der Waals surface area contributed by atoms with E-state index >= 15 is 0 Å². The van der Waals surface area contributed by atoms with Crippen LogP contribution in [0.4, 0.5) is 5.69 Å². The van der Waals surface area contributed by atoms with Crippen LogP contribution in [0.3, 0.4) is 0 Å². The monoisotopic (exact) mass is 631 g/mol. The molecule has 2 amide bonds. The lowest BCUT2D eigenvalue weighted by Crippen LogP contribution is -2.53. The minimum atomic E-state index is -4.19. The largest absolute Gasteiger partial charge is 0.354 e. The van der Waals surface area contributed by atoms with Crippen molar-refractivity contribution < 1.29 is 18.0 Å². The molecule has 0 heterocycles. The first-order valence-electron chi connectivity index (χ1n) is 14.6. The van der Waals surface area contributed by atoms with Gasteiger partial charge in [0.2, 0.25) is 11.8 Å². The van der Waals surface area contributed by atoms with E-state index in [0.29, 0.717) is 11.6 Å². The van der Waals surface area contributed by atoms with Crippen LogP contribution in [0, 0.1) is 13.8 Å². The number of nitrogens with zero attached hydrogens (tertiary/aromatic N) is 2. The predicted octanol–water partition coefficient (Wildman–Crippen LogP) is 6.32. The Morgan fingerprint density at radius 3 is 2.16 bits per heavy atom. The zero-order valence-electron chi connectivity index (χ0n) is 25.2. The maximum Gasteiger partial charge on any atom is 0.264 e. The maximum atomic E-state index is 14.5. The SMILES string of the molecule is CCCNC(=O)C(Cc1ccccc1)N(Cc1cccc(C)c1)C(=O)CN(c1cccc(Cl)c1)S(=O)(=O)c1ccc(C)cc1. The zero-order valence-corrected chi connectivity index (χ0v) is 26.8. The first-order valence-corrected chi connectivity index (χ1v) is 16.4. The molecule has 0 aliphatic rings. The smallest absolute Gasteiger partial charge is 0.264 e. The normalized spacial score (nSPS) is 11.9. The van der Waals surface area contributed by atoms with Gasteiger partial charge in [0.1, 0.15) is 12.6 Å². The summed E-state index contributed by atoms with van der Waals surface area (Å²) in [6, 6.07) is 29.2. The molecule has 1 atom stereocenters. The minimum absolute atomic E-state index is 0.0441. The summed E-state index contributed by atoms with van der Waals surface area (Å²) < 4.78 is 29.2. The first kappa shape index (κ1) is 32.8. The van der Waals surface area contributed by atoms with Gasteiger partial charge in [0.15, 0.2) is 0 Å². The highest BCUT2D eigenvalue weighted by Gasteiger charge is 2.34. The summed E-state index contributed by atoms with van der Waals surface area (Å²) in [4.78, 5) is 29.7. The molecule has 0 aromatic heterocycles. The number of sulfonamides is 1. The third-order valence-electron chi connectivity index (χ3n) is 7.24. The fourth-order valence-corrected chi connectivity index (χ4v) is 6.52. The molecule has 0 fully saturated rings. The lowest BCUT2D eigenvalue weighted by atomic mass is 10.0. The van der Waals surface area contributed by atoms with E-state index in [9.17, 15) is 18.0 Å². The number of benzene rings is 4. The number of hydrogen-bond acceptors (Lipinski definition) is 4. The standard InChI is InChI=1S/C35H38ClN3O4S/c1-4-20-37-35(41)33(22-28-11-6-5-7-12-28)38(24-29-13-8-10-27(3)21-29)34(40)25-39(31-15-9-14-30(36)23-31)44(42,43)32-18-16-26(2)17-19-32/h5-19,21,23,33H,4,20,22,24-25H2,1-3H3,(H,37,41). The molecule has 0 spiro atoms. The highest BCUT2D eigenvalue weighted by molar-refractivity contribution is 7.92. The van der Waals surface area contributed by atoms with Crippen molar-refractivity contribution in [2.75, 3.05) is 17.4 Å². The summed E-state index contributed by atoms with van der Waals surface area (Å²) >= 11 is 6.29. The van der Waals surface area contributed by atoms with Gasteiger partial charge >= 0.3 is 0 Å². The molecule has 4 aromatic rings. The van der Waals surface area contributed by atoms with E-state index < -0.39 is 28.5 Å². The van der Waals surface area contributed by atoms with E-state index in [0.717, 1.165) is 33.0 Å². The third-order valence-corrected chi connectivity index (χ3v) is 9.26. The summed E-state index contributed by atoms with van der Waals surface area (Å²) in [5, 5.41) is 3.29. The summed E-state index contributed by atoms with van der Waals surface area (Å²) in [7, 11) is -4.19. The number of carbonyl (C=O) groups excluding carboxylic acids is 2. The maximum absolute atomic E-state index is 14.5. The van der Waals surface area contributed by atoms with Crippen molar-refractivity contribution in [3.63, 3.8) is 0 Å². The van der Waals surface area contributed by atoms with Crippen molar-refractivity contribution in [3.05, 3.63) is 130 Å². The zero-order chi connectivity index (χ0) is 31.7. The number of halogens is 1. The number of carbonyl (C=O) groups is 2. The molecule has 0 bridgehead atoms. The average molecular weight is 632 g/mol. The fraction of sp³-hybridized carbons (Fsp3) is 0.257. The molecule has 4 rings (SSSR count). The van der Waals surface area contributed by atoms with Crippen molar-refractivity contribution in [2.24, 2.45) is 0 Å². The molecule has 1 unspecified atom stereocenters. The van der Waals surface area contributed by atoms with Crippen LogP contribution in [0.25, 0.3) is 0 Å². The molecule has 0 saturated heterocycles. The van der Waals surface area contributed by atoms with Gasteiger partial charge in [-0.15, -0.1) is 0 Å². The second kappa shape index (κ2) is 15.0. The average Bonchev–Trinajstić information content (AvgIpc) is 3.01. The van der Waals surface area contributed by atoms with Gasteiger partial charge in [-0.3, -0.25) is 13.9 Å². The van der Waals surface area contributed by atoms with Crippen molar-refractivity contribution in [1.29, 1.82) is 0 Å². The van der Waals surface area contributed by atoms with Crippen LogP contribution in [-0.2, 0) is 32.6 Å². The molecular weight excluding hydrogens is 594 g/mol. The number of amides is 2. The van der Waals surface area contributed by atoms with Crippen LogP contribution in [0.15, 0.2) is 108 Å². The van der Waals surface area contributed by atoms with Gasteiger partial charge in [-0.05, 0) is 61.7 Å². The van der Waals surface area contributed by atoms with Crippen molar-refractivity contribution in [3.8, 4) is 0 Å². The molecule has 0 aliphatic heterocycles. The molecule has 230 valence electrons. The summed E-state index contributed by atoms with van der Waals surface area (Å²) in [5.41, 5.74) is 3.87. The van der Waals surface area contributed by atoms with E-state index in [1.807, 2.05) is 75.4 Å². The summed E-state index contributed by atoms with van der Waals surface area (Å²) in [6.07, 6.45) is 0.989. The lowest BCUT2D eigenvalue weighted by molar-refractivity contribution is -0.140. The van der Waals surface area contributed by atoms with Gasteiger partial charge < -0.3 is 10.2 Å². The molecular formula is C35H38ClN3O4S. The Kier molecular flexibility index (Phi) is 11.2. The Hall–Kier alpha value is -4.14. The van der Waals surface area contributed by atoms with Gasteiger partial charge in [-0.2, -0.15) is 0 Å². The van der Waals surface area contributed by atoms with Crippen LogP contribution in [0.1, 0.15) is 35.6 Å². The molecule has 0 saturated carbocycles. The van der Waals surface area contributed by atoms with E-state index in [4.69, 9.17) is 11.6 Å². The van der Waals surface area contributed by atoms with Crippen molar-refractivity contribution >= 4 is 39.1 Å². The fourth-order valence-electron chi connectivity index (χ4n) is 4.92. The van der Waals surface area contributed by atoms with Crippen LogP contribution < -0.4 is 9.62 Å². The number of nitrogens with one attached hydrogen (secondary N) is 1. The van der Waals surface area contributed by atoms with Crippen molar-refractivity contribution in [2.45, 2.75) is 51.1 Å². The number of rotatable bonds is 13. The van der Waals surface area contributed by atoms with Crippen LogP contribution >= 0.6 is 11.6 Å². The highest BCUT2D eigenvalue weighted by atomic mass is 35.5. The van der Waals surface area contributed by atoms with E-state index in [2.05, 4.69) is 5.32 Å². The molecule has 7 nitrogen and oxygen atoms in total. The van der Waals surface area contributed by atoms with E-state index in [1.165, 1.54) is 23.1 Å². The van der Waals surface area contributed by atoms with Crippen LogP contribution in [0.2, 0.25) is 5.02 Å². The number of hydrogen-bond donors (Lipinski definition) is 1. The van der Waals surface area contributed by atoms with Gasteiger partial charge in [-0.25, -0.2) is 8.42 Å². The highest BCUT2D eigenvalue weighted by Crippen LogP contribution is 2.27. The van der Waals surface area contributed by atoms with Crippen LogP contribution in [-0.4, -0.2) is 44.3 Å². The number of anilines is 1. The van der Waals surface area contributed by atoms with E-state index in [-0.39, 0.29) is 29.5 Å².